The number of carbonyl (C=O) groups is 1. The minimum absolute atomic E-state index is 0.00447. The van der Waals surface area contributed by atoms with Crippen LogP contribution in [-0.4, -0.2) is 11.9 Å². The van der Waals surface area contributed by atoms with Crippen molar-refractivity contribution in [3.63, 3.8) is 0 Å². The summed E-state index contributed by atoms with van der Waals surface area (Å²) in [7, 11) is 0. The van der Waals surface area contributed by atoms with E-state index in [1.54, 1.807) is 13.0 Å². The molecule has 88 valence electrons. The predicted molar refractivity (Wildman–Crippen MR) is 65.3 cm³/mol. The summed E-state index contributed by atoms with van der Waals surface area (Å²) in [5, 5.41) is 2.86. The van der Waals surface area contributed by atoms with Crippen LogP contribution in [0.2, 0.25) is 0 Å². The van der Waals surface area contributed by atoms with Gasteiger partial charge in [-0.3, -0.25) is 4.79 Å². The van der Waals surface area contributed by atoms with Gasteiger partial charge in [0.1, 0.15) is 5.82 Å². The molecule has 0 aromatic heterocycles. The van der Waals surface area contributed by atoms with Gasteiger partial charge in [0.05, 0.1) is 6.04 Å². The lowest BCUT2D eigenvalue weighted by molar-refractivity contribution is 0.0943. The van der Waals surface area contributed by atoms with Crippen molar-refractivity contribution in [2.75, 3.05) is 0 Å². The predicted octanol–water partition coefficient (Wildman–Crippen LogP) is 2.75. The molecule has 1 aliphatic rings. The number of hydrogen-bond donors (Lipinski definition) is 1. The zero-order valence-electron chi connectivity index (χ0n) is 9.61. The van der Waals surface area contributed by atoms with Crippen LogP contribution in [0.1, 0.15) is 22.3 Å². The molecule has 0 fully saturated rings. The van der Waals surface area contributed by atoms with Crippen molar-refractivity contribution in [2.45, 2.75) is 19.4 Å². The first kappa shape index (κ1) is 11.6. The lowest BCUT2D eigenvalue weighted by Gasteiger charge is -2.16. The van der Waals surface area contributed by atoms with Gasteiger partial charge < -0.3 is 5.32 Å². The Kier molecular flexibility index (Phi) is 3.38. The molecule has 3 heteroatoms. The monoisotopic (exact) mass is 231 g/mol. The molecule has 1 aliphatic carbocycles. The Labute approximate surface area is 99.8 Å². The topological polar surface area (TPSA) is 29.1 Å². The lowest BCUT2D eigenvalue weighted by Crippen LogP contribution is -2.34. The molecule has 0 radical (unpaired) electrons. The molecule has 1 N–H and O–H groups in total. The molecule has 0 spiro atoms. The number of rotatable bonds is 2. The fourth-order valence-electron chi connectivity index (χ4n) is 1.77. The maximum absolute atomic E-state index is 13.1. The van der Waals surface area contributed by atoms with Gasteiger partial charge in [0.15, 0.2) is 0 Å². The van der Waals surface area contributed by atoms with Crippen LogP contribution in [0.3, 0.4) is 0 Å². The van der Waals surface area contributed by atoms with Crippen molar-refractivity contribution in [3.8, 4) is 0 Å². The van der Waals surface area contributed by atoms with Gasteiger partial charge >= 0.3 is 0 Å². The van der Waals surface area contributed by atoms with Crippen molar-refractivity contribution >= 4 is 5.91 Å². The second-order valence-corrected chi connectivity index (χ2v) is 4.09. The van der Waals surface area contributed by atoms with Gasteiger partial charge in [-0.1, -0.05) is 30.4 Å². The van der Waals surface area contributed by atoms with Gasteiger partial charge in [0.25, 0.3) is 5.91 Å². The third-order valence-electron chi connectivity index (χ3n) is 2.74. The number of amides is 1. The molecule has 0 saturated carbocycles. The molecule has 0 saturated heterocycles. The number of aryl methyl sites for hydroxylation is 1. The number of carbonyl (C=O) groups excluding carboxylic acids is 1. The fourth-order valence-corrected chi connectivity index (χ4v) is 1.77. The minimum Gasteiger partial charge on any atom is -0.346 e. The summed E-state index contributed by atoms with van der Waals surface area (Å²) in [6, 6.07) is 4.23. The summed E-state index contributed by atoms with van der Waals surface area (Å²) in [5.41, 5.74) is 1.17. The molecule has 2 nitrogen and oxygen atoms in total. The molecule has 0 aliphatic heterocycles. The van der Waals surface area contributed by atoms with E-state index >= 15 is 0 Å². The van der Waals surface area contributed by atoms with E-state index in [2.05, 4.69) is 5.32 Å². The Hall–Kier alpha value is -1.90. The molecule has 1 aromatic carbocycles. The summed E-state index contributed by atoms with van der Waals surface area (Å²) in [4.78, 5) is 12.0. The van der Waals surface area contributed by atoms with E-state index in [1.165, 1.54) is 12.1 Å². The molecule has 1 amide bonds. The molecule has 1 unspecified atom stereocenters. The molecule has 0 heterocycles. The number of halogens is 1. The SMILES string of the molecule is Cc1ccc(F)cc1C(=O)NC1C=CC=CC1. The van der Waals surface area contributed by atoms with Crippen LogP contribution in [-0.2, 0) is 0 Å². The van der Waals surface area contributed by atoms with Gasteiger partial charge in [-0.05, 0) is 31.0 Å². The highest BCUT2D eigenvalue weighted by Crippen LogP contribution is 2.11. The van der Waals surface area contributed by atoms with Crippen molar-refractivity contribution in [3.05, 3.63) is 59.4 Å². The summed E-state index contributed by atoms with van der Waals surface area (Å²) in [6.45, 7) is 1.80. The van der Waals surface area contributed by atoms with E-state index in [0.29, 0.717) is 5.56 Å². The van der Waals surface area contributed by atoms with Gasteiger partial charge in [-0.2, -0.15) is 0 Å². The van der Waals surface area contributed by atoms with Crippen LogP contribution in [0, 0.1) is 12.7 Å². The maximum Gasteiger partial charge on any atom is 0.252 e. The molecule has 2 rings (SSSR count). The van der Waals surface area contributed by atoms with Crippen LogP contribution < -0.4 is 5.32 Å². The highest BCUT2D eigenvalue weighted by Gasteiger charge is 2.13. The molecular weight excluding hydrogens is 217 g/mol. The normalized spacial score (nSPS) is 18.1. The van der Waals surface area contributed by atoms with Crippen molar-refractivity contribution in [1.29, 1.82) is 0 Å². The summed E-state index contributed by atoms with van der Waals surface area (Å²) in [6.07, 6.45) is 8.52. The van der Waals surface area contributed by atoms with Crippen LogP contribution in [0.15, 0.2) is 42.5 Å². The largest absolute Gasteiger partial charge is 0.346 e. The van der Waals surface area contributed by atoms with Crippen LogP contribution >= 0.6 is 0 Å². The number of allylic oxidation sites excluding steroid dienone is 2. The molecule has 1 aromatic rings. The number of benzene rings is 1. The van der Waals surface area contributed by atoms with Crippen LogP contribution in [0.4, 0.5) is 4.39 Å². The van der Waals surface area contributed by atoms with Crippen LogP contribution in [0.5, 0.6) is 0 Å². The Bertz CT molecular complexity index is 491. The fraction of sp³-hybridized carbons (Fsp3) is 0.214. The Morgan fingerprint density at radius 3 is 2.94 bits per heavy atom. The molecule has 17 heavy (non-hydrogen) atoms. The van der Waals surface area contributed by atoms with E-state index in [4.69, 9.17) is 0 Å². The van der Waals surface area contributed by atoms with Gasteiger partial charge in [-0.25, -0.2) is 4.39 Å². The van der Waals surface area contributed by atoms with Crippen molar-refractivity contribution < 1.29 is 9.18 Å². The first-order valence-electron chi connectivity index (χ1n) is 5.57. The van der Waals surface area contributed by atoms with Gasteiger partial charge in [0.2, 0.25) is 0 Å². The third kappa shape index (κ3) is 2.81. The maximum atomic E-state index is 13.1. The highest BCUT2D eigenvalue weighted by atomic mass is 19.1. The zero-order valence-corrected chi connectivity index (χ0v) is 9.61. The molecule has 1 atom stereocenters. The molecule has 0 bridgehead atoms. The number of hydrogen-bond acceptors (Lipinski definition) is 1. The number of nitrogens with one attached hydrogen (secondary N) is 1. The van der Waals surface area contributed by atoms with Crippen LogP contribution in [0.25, 0.3) is 0 Å². The first-order valence-corrected chi connectivity index (χ1v) is 5.57. The third-order valence-corrected chi connectivity index (χ3v) is 2.74. The summed E-state index contributed by atoms with van der Waals surface area (Å²) in [5.74, 6) is -0.619. The first-order chi connectivity index (χ1) is 8.16. The van der Waals surface area contributed by atoms with Crippen molar-refractivity contribution in [2.24, 2.45) is 0 Å². The zero-order chi connectivity index (χ0) is 12.3. The molecular formula is C14H14FNO. The highest BCUT2D eigenvalue weighted by molar-refractivity contribution is 5.95. The van der Waals surface area contributed by atoms with E-state index in [0.717, 1.165) is 12.0 Å². The quantitative estimate of drug-likeness (QED) is 0.833. The van der Waals surface area contributed by atoms with E-state index < -0.39 is 0 Å². The second-order valence-electron chi connectivity index (χ2n) is 4.09. The Balaban J connectivity index is 2.11. The van der Waals surface area contributed by atoms with Gasteiger partial charge in [-0.15, -0.1) is 0 Å². The van der Waals surface area contributed by atoms with E-state index in [-0.39, 0.29) is 17.8 Å². The second kappa shape index (κ2) is 4.95. The minimum atomic E-state index is -0.389. The Morgan fingerprint density at radius 2 is 2.24 bits per heavy atom. The standard InChI is InChI=1S/C14H14FNO/c1-10-7-8-11(15)9-13(10)14(17)16-12-5-3-2-4-6-12/h2-5,7-9,12H,6H2,1H3,(H,16,17). The van der Waals surface area contributed by atoms with E-state index in [1.807, 2.05) is 24.3 Å². The van der Waals surface area contributed by atoms with Crippen molar-refractivity contribution in [1.82, 2.24) is 5.32 Å². The smallest absolute Gasteiger partial charge is 0.252 e. The lowest BCUT2D eigenvalue weighted by atomic mass is 10.1. The van der Waals surface area contributed by atoms with E-state index in [9.17, 15) is 9.18 Å². The average Bonchev–Trinajstić information content (AvgIpc) is 2.33. The van der Waals surface area contributed by atoms with Gasteiger partial charge in [0, 0.05) is 5.56 Å². The Morgan fingerprint density at radius 1 is 1.41 bits per heavy atom. The summed E-state index contributed by atoms with van der Waals surface area (Å²) < 4.78 is 13.1. The summed E-state index contributed by atoms with van der Waals surface area (Å²) >= 11 is 0. The average molecular weight is 231 g/mol.